The van der Waals surface area contributed by atoms with Gasteiger partial charge in [0.05, 0.1) is 12.6 Å². The average molecular weight is 495 g/mol. The number of nitrogens with zero attached hydrogens (tertiary/aromatic N) is 2. The van der Waals surface area contributed by atoms with Crippen LogP contribution in [0, 0.1) is 6.92 Å². The normalized spacial score (nSPS) is 11.3. The first-order chi connectivity index (χ1) is 15.0. The van der Waals surface area contributed by atoms with Crippen LogP contribution in [0.25, 0.3) is 10.9 Å². The van der Waals surface area contributed by atoms with Crippen molar-refractivity contribution in [2.75, 3.05) is 0 Å². The summed E-state index contributed by atoms with van der Waals surface area (Å²) in [4.78, 5) is 12.3. The van der Waals surface area contributed by atoms with Crippen LogP contribution in [0.3, 0.4) is 0 Å². The van der Waals surface area contributed by atoms with Crippen LogP contribution >= 0.6 is 27.5 Å². The van der Waals surface area contributed by atoms with Crippen molar-refractivity contribution in [3.63, 3.8) is 0 Å². The second kappa shape index (κ2) is 9.50. The van der Waals surface area contributed by atoms with Crippen molar-refractivity contribution in [2.24, 2.45) is 5.10 Å². The summed E-state index contributed by atoms with van der Waals surface area (Å²) in [5, 5.41) is 6.06. The van der Waals surface area contributed by atoms with Crippen molar-refractivity contribution in [3.05, 3.63) is 105 Å². The van der Waals surface area contributed by atoms with Crippen LogP contribution in [0.2, 0.25) is 5.02 Å². The molecule has 4 aromatic rings. The highest BCUT2D eigenvalue weighted by molar-refractivity contribution is 9.10. The molecule has 4 rings (SSSR count). The Morgan fingerprint density at radius 1 is 1.06 bits per heavy atom. The lowest BCUT2D eigenvalue weighted by Gasteiger charge is -2.10. The minimum Gasteiger partial charge on any atom is -0.340 e. The van der Waals surface area contributed by atoms with Crippen molar-refractivity contribution < 1.29 is 4.79 Å². The first-order valence-corrected chi connectivity index (χ1v) is 11.1. The Hall–Kier alpha value is -2.89. The maximum absolute atomic E-state index is 12.3. The van der Waals surface area contributed by atoms with Gasteiger partial charge in [-0.25, -0.2) is 5.43 Å². The topological polar surface area (TPSA) is 46.4 Å². The predicted molar refractivity (Wildman–Crippen MR) is 131 cm³/mol. The number of amides is 1. The Labute approximate surface area is 194 Å². The Kier molecular flexibility index (Phi) is 6.54. The molecule has 0 fully saturated rings. The molecule has 0 saturated heterocycles. The summed E-state index contributed by atoms with van der Waals surface area (Å²) in [5.41, 5.74) is 7.77. The number of benzene rings is 3. The highest BCUT2D eigenvalue weighted by atomic mass is 79.9. The number of aromatic nitrogens is 1. The molecular formula is C25H21BrClN3O. The fourth-order valence-corrected chi connectivity index (χ4v) is 4.08. The van der Waals surface area contributed by atoms with E-state index in [0.29, 0.717) is 6.54 Å². The molecule has 0 spiro atoms. The summed E-state index contributed by atoms with van der Waals surface area (Å²) in [7, 11) is 0. The van der Waals surface area contributed by atoms with Crippen LogP contribution in [0.4, 0.5) is 0 Å². The number of para-hydroxylation sites is 1. The summed E-state index contributed by atoms with van der Waals surface area (Å²) in [6.07, 6.45) is 2.00. The maximum atomic E-state index is 12.3. The van der Waals surface area contributed by atoms with E-state index in [1.165, 1.54) is 0 Å². The molecule has 0 atom stereocenters. The lowest BCUT2D eigenvalue weighted by molar-refractivity contribution is -0.120. The van der Waals surface area contributed by atoms with Gasteiger partial charge in [-0.15, -0.1) is 0 Å². The van der Waals surface area contributed by atoms with Crippen molar-refractivity contribution >= 4 is 50.6 Å². The van der Waals surface area contributed by atoms with Gasteiger partial charge in [0.25, 0.3) is 0 Å². The van der Waals surface area contributed by atoms with Crippen LogP contribution < -0.4 is 5.43 Å². The second-order valence-corrected chi connectivity index (χ2v) is 8.61. The lowest BCUT2D eigenvalue weighted by Crippen LogP contribution is -2.19. The largest absolute Gasteiger partial charge is 0.340 e. The van der Waals surface area contributed by atoms with Gasteiger partial charge >= 0.3 is 0 Å². The number of fused-ring (bicyclic) bond motifs is 1. The maximum Gasteiger partial charge on any atom is 0.244 e. The van der Waals surface area contributed by atoms with Gasteiger partial charge in [0.2, 0.25) is 5.91 Å². The molecule has 0 aliphatic rings. The molecule has 4 nitrogen and oxygen atoms in total. The molecule has 1 N–H and O–H groups in total. The van der Waals surface area contributed by atoms with Gasteiger partial charge in [0, 0.05) is 38.2 Å². The molecule has 0 bridgehead atoms. The number of hydrazone groups is 1. The van der Waals surface area contributed by atoms with E-state index in [-0.39, 0.29) is 12.3 Å². The fourth-order valence-electron chi connectivity index (χ4n) is 3.62. The molecule has 3 aromatic carbocycles. The molecule has 0 aliphatic heterocycles. The van der Waals surface area contributed by atoms with Gasteiger partial charge in [-0.3, -0.25) is 4.79 Å². The van der Waals surface area contributed by atoms with E-state index >= 15 is 0 Å². The highest BCUT2D eigenvalue weighted by Gasteiger charge is 2.13. The Bertz CT molecular complexity index is 1260. The molecular weight excluding hydrogens is 474 g/mol. The highest BCUT2D eigenvalue weighted by Crippen LogP contribution is 2.27. The Morgan fingerprint density at radius 2 is 1.77 bits per heavy atom. The molecule has 1 aromatic heterocycles. The van der Waals surface area contributed by atoms with Gasteiger partial charge in [-0.2, -0.15) is 5.10 Å². The van der Waals surface area contributed by atoms with Crippen molar-refractivity contribution in [1.29, 1.82) is 0 Å². The van der Waals surface area contributed by atoms with Gasteiger partial charge in [0.15, 0.2) is 0 Å². The minimum absolute atomic E-state index is 0.156. The van der Waals surface area contributed by atoms with E-state index in [1.54, 1.807) is 6.21 Å². The second-order valence-electron chi connectivity index (χ2n) is 7.29. The van der Waals surface area contributed by atoms with Crippen LogP contribution in [0.1, 0.15) is 22.4 Å². The smallest absolute Gasteiger partial charge is 0.244 e. The third-order valence-electron chi connectivity index (χ3n) is 5.23. The Morgan fingerprint density at radius 3 is 2.55 bits per heavy atom. The Balaban J connectivity index is 1.56. The van der Waals surface area contributed by atoms with Crippen molar-refractivity contribution in [1.82, 2.24) is 9.99 Å². The van der Waals surface area contributed by atoms with E-state index in [1.807, 2.05) is 60.7 Å². The van der Waals surface area contributed by atoms with Gasteiger partial charge in [-0.1, -0.05) is 76.1 Å². The number of carbonyl (C=O) groups is 1. The number of rotatable bonds is 6. The summed E-state index contributed by atoms with van der Waals surface area (Å²) >= 11 is 9.79. The summed E-state index contributed by atoms with van der Waals surface area (Å²) in [6, 6.07) is 23.7. The predicted octanol–water partition coefficient (Wildman–Crippen LogP) is 6.11. The monoisotopic (exact) mass is 493 g/mol. The number of carbonyl (C=O) groups excluding carboxylic acids is 1. The van der Waals surface area contributed by atoms with Crippen molar-refractivity contribution in [3.8, 4) is 0 Å². The molecule has 31 heavy (non-hydrogen) atoms. The molecule has 0 unspecified atom stereocenters. The summed E-state index contributed by atoms with van der Waals surface area (Å²) < 4.78 is 3.21. The zero-order valence-electron chi connectivity index (χ0n) is 17.0. The lowest BCUT2D eigenvalue weighted by atomic mass is 10.1. The molecule has 0 radical (unpaired) electrons. The zero-order valence-corrected chi connectivity index (χ0v) is 19.3. The van der Waals surface area contributed by atoms with E-state index in [9.17, 15) is 4.79 Å². The van der Waals surface area contributed by atoms with Gasteiger partial charge in [-0.05, 0) is 42.3 Å². The van der Waals surface area contributed by atoms with E-state index in [2.05, 4.69) is 50.1 Å². The number of halogens is 2. The third kappa shape index (κ3) is 4.89. The number of nitrogens with one attached hydrogen (secondary N) is 1. The number of hydrogen-bond donors (Lipinski definition) is 1. The SMILES string of the molecule is Cc1c(/C=N\NC(=O)Cc2ccc(Br)cc2)c2ccccc2n1Cc1ccccc1Cl. The standard InChI is InChI=1S/C25H21BrClN3O/c1-17-22(15-28-29-25(31)14-18-10-12-20(26)13-11-18)21-7-3-5-9-24(21)30(17)16-19-6-2-4-8-23(19)27/h2-13,15H,14,16H2,1H3,(H,29,31)/b28-15-. The van der Waals surface area contributed by atoms with Crippen LogP contribution in [-0.2, 0) is 17.8 Å². The van der Waals surface area contributed by atoms with E-state index < -0.39 is 0 Å². The molecule has 156 valence electrons. The van der Waals surface area contributed by atoms with Crippen LogP contribution in [-0.4, -0.2) is 16.7 Å². The van der Waals surface area contributed by atoms with Crippen LogP contribution in [0.15, 0.2) is 82.4 Å². The zero-order chi connectivity index (χ0) is 21.8. The summed E-state index contributed by atoms with van der Waals surface area (Å²) in [6.45, 7) is 2.72. The quantitative estimate of drug-likeness (QED) is 0.255. The average Bonchev–Trinajstić information content (AvgIpc) is 3.03. The molecule has 1 heterocycles. The first-order valence-electron chi connectivity index (χ1n) is 9.90. The minimum atomic E-state index is -0.156. The van der Waals surface area contributed by atoms with Gasteiger partial charge < -0.3 is 4.57 Å². The van der Waals surface area contributed by atoms with Gasteiger partial charge in [0.1, 0.15) is 0 Å². The number of hydrogen-bond acceptors (Lipinski definition) is 2. The van der Waals surface area contributed by atoms with Crippen LogP contribution in [0.5, 0.6) is 0 Å². The molecule has 1 amide bonds. The third-order valence-corrected chi connectivity index (χ3v) is 6.12. The van der Waals surface area contributed by atoms with Crippen molar-refractivity contribution in [2.45, 2.75) is 19.9 Å². The first kappa shape index (κ1) is 21.3. The van der Waals surface area contributed by atoms with E-state index in [0.717, 1.165) is 42.8 Å². The fraction of sp³-hybridized carbons (Fsp3) is 0.120. The summed E-state index contributed by atoms with van der Waals surface area (Å²) in [5.74, 6) is -0.156. The molecule has 0 aliphatic carbocycles. The van der Waals surface area contributed by atoms with E-state index in [4.69, 9.17) is 11.6 Å². The molecule has 0 saturated carbocycles. The molecule has 6 heteroatoms.